The van der Waals surface area contributed by atoms with Crippen molar-refractivity contribution in [2.24, 2.45) is 58.7 Å². The van der Waals surface area contributed by atoms with Gasteiger partial charge in [-0.15, -0.1) is 0 Å². The molecular weight excluding hydrogens is 272 g/mol. The van der Waals surface area contributed by atoms with E-state index in [1.165, 1.54) is 25.7 Å². The molecule has 0 heterocycles. The summed E-state index contributed by atoms with van der Waals surface area (Å²) in [5.41, 5.74) is 0.578. The Bertz CT molecular complexity index is 577. The van der Waals surface area contributed by atoms with Crippen LogP contribution >= 0.6 is 0 Å². The summed E-state index contributed by atoms with van der Waals surface area (Å²) in [4.78, 5) is 11.8. The Hall–Kier alpha value is -0.530. The topological polar surface area (TPSA) is 26.3 Å². The molecule has 2 nitrogen and oxygen atoms in total. The summed E-state index contributed by atoms with van der Waals surface area (Å²) in [5, 5.41) is 0. The summed E-state index contributed by atoms with van der Waals surface area (Å²) >= 11 is 0. The minimum atomic E-state index is -0.0385. The fourth-order valence-electron chi connectivity index (χ4n) is 10.7. The summed E-state index contributed by atoms with van der Waals surface area (Å²) in [5.74, 6) is 9.19. The Labute approximate surface area is 132 Å². The third-order valence-electron chi connectivity index (χ3n) is 10.0. The summed E-state index contributed by atoms with van der Waals surface area (Å²) < 4.78 is 6.08. The van der Waals surface area contributed by atoms with E-state index in [1.807, 2.05) is 0 Å². The molecule has 0 aliphatic heterocycles. The Kier molecular flexibility index (Phi) is 1.72. The summed E-state index contributed by atoms with van der Waals surface area (Å²) in [6.45, 7) is 1.64. The van der Waals surface area contributed by atoms with Crippen LogP contribution < -0.4 is 0 Å². The quantitative estimate of drug-likeness (QED) is 0.691. The molecule has 10 fully saturated rings. The number of hydrogen-bond donors (Lipinski definition) is 0. The minimum Gasteiger partial charge on any atom is -0.459 e. The number of rotatable bonds is 1. The lowest BCUT2D eigenvalue weighted by Crippen LogP contribution is -2.80. The molecule has 118 valence electrons. The molecule has 10 rings (SSSR count). The largest absolute Gasteiger partial charge is 0.459 e. The van der Waals surface area contributed by atoms with Gasteiger partial charge in [0.25, 0.3) is 0 Å². The van der Waals surface area contributed by atoms with Crippen molar-refractivity contribution in [1.29, 1.82) is 0 Å². The molecule has 0 aromatic rings. The Morgan fingerprint density at radius 3 is 2.14 bits per heavy atom. The van der Waals surface area contributed by atoms with E-state index in [9.17, 15) is 4.79 Å². The first-order chi connectivity index (χ1) is 10.6. The fourth-order valence-corrected chi connectivity index (χ4v) is 10.7. The van der Waals surface area contributed by atoms with Crippen LogP contribution in [0.5, 0.6) is 0 Å². The van der Waals surface area contributed by atoms with Gasteiger partial charge in [0, 0.05) is 6.92 Å². The molecule has 0 radical (unpaired) electrons. The van der Waals surface area contributed by atoms with E-state index in [4.69, 9.17) is 4.74 Å². The molecule has 11 bridgehead atoms. The van der Waals surface area contributed by atoms with Gasteiger partial charge in [0.2, 0.25) is 0 Å². The van der Waals surface area contributed by atoms with Crippen molar-refractivity contribution in [3.05, 3.63) is 0 Å². The van der Waals surface area contributed by atoms with Gasteiger partial charge in [-0.05, 0) is 104 Å². The standard InChI is InChI=1S/C20H26O2/c1-9(21)22-19-6-15-12-4-11-13-2-10-3-14(11)18(16(12)7-19)20(5-10,8-19)17(13)15/h10-18H,2-8H2,1H3/t10?,11?,12?,13-,14+,15-,16-,17+,18-,19?,20?/m1/s1. The first-order valence-corrected chi connectivity index (χ1v) is 9.80. The highest BCUT2D eigenvalue weighted by atomic mass is 16.6. The van der Waals surface area contributed by atoms with Crippen LogP contribution in [0.1, 0.15) is 51.9 Å². The molecule has 0 aromatic carbocycles. The molecule has 22 heavy (non-hydrogen) atoms. The summed E-state index contributed by atoms with van der Waals surface area (Å²) in [6.07, 6.45) is 9.90. The van der Waals surface area contributed by atoms with Gasteiger partial charge >= 0.3 is 5.97 Å². The lowest BCUT2D eigenvalue weighted by atomic mass is 9.21. The second kappa shape index (κ2) is 3.17. The van der Waals surface area contributed by atoms with Crippen LogP contribution in [0, 0.1) is 58.7 Å². The molecule has 0 N–H and O–H groups in total. The van der Waals surface area contributed by atoms with Crippen molar-refractivity contribution in [3.8, 4) is 0 Å². The number of esters is 1. The zero-order chi connectivity index (χ0) is 14.4. The Balaban J connectivity index is 1.44. The molecule has 10 aliphatic rings. The zero-order valence-electron chi connectivity index (χ0n) is 13.5. The van der Waals surface area contributed by atoms with Gasteiger partial charge in [0.05, 0.1) is 0 Å². The number of hydrogen-bond acceptors (Lipinski definition) is 2. The van der Waals surface area contributed by atoms with Gasteiger partial charge in [0.1, 0.15) is 5.60 Å². The Morgan fingerprint density at radius 2 is 1.50 bits per heavy atom. The van der Waals surface area contributed by atoms with Crippen LogP contribution in [-0.4, -0.2) is 11.6 Å². The smallest absolute Gasteiger partial charge is 0.303 e. The molecule has 11 atom stereocenters. The number of ether oxygens (including phenoxy) is 1. The molecule has 10 saturated carbocycles. The van der Waals surface area contributed by atoms with Gasteiger partial charge in [-0.1, -0.05) is 0 Å². The van der Waals surface area contributed by atoms with Gasteiger partial charge in [0.15, 0.2) is 0 Å². The maximum atomic E-state index is 11.8. The maximum absolute atomic E-state index is 11.8. The highest BCUT2D eigenvalue weighted by Crippen LogP contribution is 2.85. The van der Waals surface area contributed by atoms with E-state index in [-0.39, 0.29) is 11.6 Å². The van der Waals surface area contributed by atoms with E-state index in [2.05, 4.69) is 0 Å². The van der Waals surface area contributed by atoms with Crippen LogP contribution in [0.2, 0.25) is 0 Å². The third kappa shape index (κ3) is 1.00. The van der Waals surface area contributed by atoms with Crippen LogP contribution in [0.15, 0.2) is 0 Å². The number of carbonyl (C=O) groups is 1. The van der Waals surface area contributed by atoms with Crippen molar-refractivity contribution in [3.63, 3.8) is 0 Å². The fraction of sp³-hybridized carbons (Fsp3) is 0.950. The van der Waals surface area contributed by atoms with Crippen LogP contribution in [0.25, 0.3) is 0 Å². The molecule has 0 amide bonds. The average molecular weight is 298 g/mol. The second-order valence-electron chi connectivity index (χ2n) is 10.4. The molecule has 2 heteroatoms. The van der Waals surface area contributed by atoms with Gasteiger partial charge in [-0.2, -0.15) is 0 Å². The molecule has 0 aromatic heterocycles. The predicted octanol–water partition coefficient (Wildman–Crippen LogP) is 3.65. The van der Waals surface area contributed by atoms with Crippen molar-refractivity contribution in [1.82, 2.24) is 0 Å². The summed E-state index contributed by atoms with van der Waals surface area (Å²) in [6, 6.07) is 0. The zero-order valence-corrected chi connectivity index (χ0v) is 13.5. The van der Waals surface area contributed by atoms with Crippen LogP contribution in [-0.2, 0) is 9.53 Å². The van der Waals surface area contributed by atoms with Gasteiger partial charge in [-0.3, -0.25) is 4.79 Å². The molecule has 1 spiro atoms. The average Bonchev–Trinajstić information content (AvgIpc) is 2.43. The highest BCUT2D eigenvalue weighted by molar-refractivity contribution is 5.66. The van der Waals surface area contributed by atoms with E-state index in [0.717, 1.165) is 53.3 Å². The number of carbonyl (C=O) groups excluding carboxylic acids is 1. The van der Waals surface area contributed by atoms with E-state index >= 15 is 0 Å². The normalized spacial score (nSPS) is 70.7. The van der Waals surface area contributed by atoms with Crippen molar-refractivity contribution < 1.29 is 9.53 Å². The second-order valence-corrected chi connectivity index (χ2v) is 10.4. The summed E-state index contributed by atoms with van der Waals surface area (Å²) in [7, 11) is 0. The van der Waals surface area contributed by atoms with Crippen molar-refractivity contribution in [2.75, 3.05) is 0 Å². The van der Waals surface area contributed by atoms with E-state index in [0.29, 0.717) is 5.41 Å². The highest BCUT2D eigenvalue weighted by Gasteiger charge is 2.80. The van der Waals surface area contributed by atoms with Gasteiger partial charge in [-0.25, -0.2) is 0 Å². The Morgan fingerprint density at radius 1 is 0.864 bits per heavy atom. The first-order valence-electron chi connectivity index (χ1n) is 9.80. The predicted molar refractivity (Wildman–Crippen MR) is 80.7 cm³/mol. The van der Waals surface area contributed by atoms with Crippen molar-refractivity contribution in [2.45, 2.75) is 57.5 Å². The molecule has 5 unspecified atom stereocenters. The SMILES string of the molecule is CC(=O)OC12C[C@@H]3C4CC5[C@H]6CC7C[C@@H]5[C@H]([C@@H]4C1)C(C7)(C2)[C@H]36. The van der Waals surface area contributed by atoms with E-state index < -0.39 is 0 Å². The monoisotopic (exact) mass is 298 g/mol. The van der Waals surface area contributed by atoms with E-state index in [1.54, 1.807) is 26.2 Å². The van der Waals surface area contributed by atoms with Gasteiger partial charge < -0.3 is 4.74 Å². The first kappa shape index (κ1) is 11.9. The third-order valence-corrected chi connectivity index (χ3v) is 10.0. The molecule has 0 saturated heterocycles. The van der Waals surface area contributed by atoms with Crippen molar-refractivity contribution >= 4 is 5.97 Å². The maximum Gasteiger partial charge on any atom is 0.303 e. The minimum absolute atomic E-state index is 0.0208. The lowest BCUT2D eigenvalue weighted by Gasteiger charge is -2.84. The lowest BCUT2D eigenvalue weighted by molar-refractivity contribution is -0.372. The molecule has 10 aliphatic carbocycles. The van der Waals surface area contributed by atoms with Crippen LogP contribution in [0.3, 0.4) is 0 Å². The molecular formula is C20H26O2. The van der Waals surface area contributed by atoms with Crippen LogP contribution in [0.4, 0.5) is 0 Å².